The topological polar surface area (TPSA) is 55.2 Å². The second kappa shape index (κ2) is 10.2. The first kappa shape index (κ1) is 23.0. The molecule has 2 heterocycles. The van der Waals surface area contributed by atoms with Crippen LogP contribution in [0.3, 0.4) is 0 Å². The van der Waals surface area contributed by atoms with Gasteiger partial charge in [-0.05, 0) is 48.9 Å². The summed E-state index contributed by atoms with van der Waals surface area (Å²) < 4.78 is 17.3. The highest BCUT2D eigenvalue weighted by atomic mass is 16.5. The summed E-state index contributed by atoms with van der Waals surface area (Å²) in [5, 5.41) is 0.566. The number of methoxy groups -OCH3 is 1. The zero-order valence-electron chi connectivity index (χ0n) is 20.2. The van der Waals surface area contributed by atoms with Crippen LogP contribution in [0.25, 0.3) is 22.1 Å². The lowest BCUT2D eigenvalue weighted by atomic mass is 10.0. The SMILES string of the molecule is COc1ccc(N2CCN(CCOc3ccc4c(=O)c(-c5ccccc5)c(C)oc4c3)CC2)cc1. The van der Waals surface area contributed by atoms with Gasteiger partial charge in [-0.15, -0.1) is 0 Å². The van der Waals surface area contributed by atoms with Crippen LogP contribution in [-0.4, -0.2) is 51.3 Å². The van der Waals surface area contributed by atoms with E-state index < -0.39 is 0 Å². The van der Waals surface area contributed by atoms with E-state index in [0.29, 0.717) is 34.6 Å². The molecule has 0 bridgehead atoms. The van der Waals surface area contributed by atoms with Gasteiger partial charge in [-0.1, -0.05) is 30.3 Å². The number of aryl methyl sites for hydroxylation is 1. The molecular weight excluding hydrogens is 440 g/mol. The predicted octanol–water partition coefficient (Wildman–Crippen LogP) is 4.98. The van der Waals surface area contributed by atoms with E-state index in [9.17, 15) is 4.79 Å². The molecule has 0 N–H and O–H groups in total. The first-order chi connectivity index (χ1) is 17.1. The van der Waals surface area contributed by atoms with Crippen LogP contribution in [0.4, 0.5) is 5.69 Å². The summed E-state index contributed by atoms with van der Waals surface area (Å²) in [6.45, 7) is 7.21. The number of hydrogen-bond donors (Lipinski definition) is 0. The molecule has 0 atom stereocenters. The Bertz CT molecular complexity index is 1340. The summed E-state index contributed by atoms with van der Waals surface area (Å²) in [7, 11) is 1.69. The lowest BCUT2D eigenvalue weighted by Crippen LogP contribution is -2.47. The largest absolute Gasteiger partial charge is 0.497 e. The van der Waals surface area contributed by atoms with Crippen molar-refractivity contribution in [2.75, 3.05) is 51.3 Å². The minimum Gasteiger partial charge on any atom is -0.497 e. The monoisotopic (exact) mass is 470 g/mol. The summed E-state index contributed by atoms with van der Waals surface area (Å²) in [6.07, 6.45) is 0. The van der Waals surface area contributed by atoms with Crippen LogP contribution in [0.1, 0.15) is 5.76 Å². The molecule has 4 aromatic rings. The quantitative estimate of drug-likeness (QED) is 0.380. The van der Waals surface area contributed by atoms with Crippen molar-refractivity contribution in [3.63, 3.8) is 0 Å². The molecule has 35 heavy (non-hydrogen) atoms. The third-order valence-electron chi connectivity index (χ3n) is 6.59. The van der Waals surface area contributed by atoms with E-state index in [1.54, 1.807) is 13.2 Å². The molecule has 1 aliphatic heterocycles. The zero-order chi connectivity index (χ0) is 24.2. The molecule has 1 aliphatic rings. The van der Waals surface area contributed by atoms with Crippen molar-refractivity contribution in [3.05, 3.63) is 88.8 Å². The van der Waals surface area contributed by atoms with Gasteiger partial charge in [0.1, 0.15) is 29.4 Å². The molecule has 6 nitrogen and oxygen atoms in total. The number of benzene rings is 3. The van der Waals surface area contributed by atoms with Gasteiger partial charge < -0.3 is 18.8 Å². The van der Waals surface area contributed by atoms with Crippen LogP contribution < -0.4 is 19.8 Å². The molecule has 0 amide bonds. The third kappa shape index (κ3) is 5.03. The predicted molar refractivity (Wildman–Crippen MR) is 140 cm³/mol. The Balaban J connectivity index is 1.18. The van der Waals surface area contributed by atoms with Crippen molar-refractivity contribution in [1.29, 1.82) is 0 Å². The van der Waals surface area contributed by atoms with Gasteiger partial charge in [-0.25, -0.2) is 0 Å². The lowest BCUT2D eigenvalue weighted by molar-refractivity contribution is 0.200. The first-order valence-corrected chi connectivity index (χ1v) is 12.0. The van der Waals surface area contributed by atoms with Gasteiger partial charge in [-0.2, -0.15) is 0 Å². The van der Waals surface area contributed by atoms with Gasteiger partial charge in [0.2, 0.25) is 5.43 Å². The van der Waals surface area contributed by atoms with Crippen molar-refractivity contribution >= 4 is 16.7 Å². The number of nitrogens with zero attached hydrogens (tertiary/aromatic N) is 2. The Hall–Kier alpha value is -3.77. The second-order valence-corrected chi connectivity index (χ2v) is 8.76. The normalized spacial score (nSPS) is 14.3. The highest BCUT2D eigenvalue weighted by Gasteiger charge is 2.18. The van der Waals surface area contributed by atoms with Gasteiger partial charge in [0.25, 0.3) is 0 Å². The molecule has 1 fully saturated rings. The van der Waals surface area contributed by atoms with Crippen LogP contribution >= 0.6 is 0 Å². The maximum absolute atomic E-state index is 13.1. The minimum absolute atomic E-state index is 0.0174. The van der Waals surface area contributed by atoms with Gasteiger partial charge in [0.05, 0.1) is 18.1 Å². The molecule has 1 saturated heterocycles. The van der Waals surface area contributed by atoms with Gasteiger partial charge >= 0.3 is 0 Å². The fourth-order valence-corrected chi connectivity index (χ4v) is 4.63. The average Bonchev–Trinajstić information content (AvgIpc) is 2.90. The zero-order valence-corrected chi connectivity index (χ0v) is 20.2. The standard InChI is InChI=1S/C29H30N2O4/c1-21-28(22-6-4-3-5-7-22)29(32)26-13-12-25(20-27(26)35-21)34-19-18-30-14-16-31(17-15-30)23-8-10-24(33-2)11-9-23/h3-13,20H,14-19H2,1-2H3. The van der Waals surface area contributed by atoms with E-state index in [1.807, 2.05) is 61.5 Å². The number of rotatable bonds is 7. The Kier molecular flexibility index (Phi) is 6.73. The Morgan fingerprint density at radius 2 is 1.60 bits per heavy atom. The molecule has 180 valence electrons. The number of anilines is 1. The first-order valence-electron chi connectivity index (χ1n) is 12.0. The molecule has 0 spiro atoms. The van der Waals surface area contributed by atoms with Gasteiger partial charge in [0, 0.05) is 44.5 Å². The summed E-state index contributed by atoms with van der Waals surface area (Å²) in [6, 6.07) is 23.4. The summed E-state index contributed by atoms with van der Waals surface area (Å²) >= 11 is 0. The van der Waals surface area contributed by atoms with Crippen molar-refractivity contribution in [1.82, 2.24) is 4.90 Å². The van der Waals surface area contributed by atoms with Crippen molar-refractivity contribution < 1.29 is 13.9 Å². The van der Waals surface area contributed by atoms with Gasteiger partial charge in [0.15, 0.2) is 0 Å². The number of fused-ring (bicyclic) bond motifs is 1. The van der Waals surface area contributed by atoms with Crippen molar-refractivity contribution in [3.8, 4) is 22.6 Å². The highest BCUT2D eigenvalue weighted by molar-refractivity contribution is 5.83. The molecule has 0 aliphatic carbocycles. The van der Waals surface area contributed by atoms with E-state index in [-0.39, 0.29) is 5.43 Å². The fraction of sp³-hybridized carbons (Fsp3) is 0.276. The summed E-state index contributed by atoms with van der Waals surface area (Å²) in [5.41, 5.74) is 3.24. The Morgan fingerprint density at radius 3 is 2.31 bits per heavy atom. The van der Waals surface area contributed by atoms with E-state index in [4.69, 9.17) is 13.9 Å². The number of ether oxygens (including phenoxy) is 2. The van der Waals surface area contributed by atoms with Crippen LogP contribution in [0.2, 0.25) is 0 Å². The molecule has 6 heteroatoms. The molecular formula is C29H30N2O4. The smallest absolute Gasteiger partial charge is 0.200 e. The molecule has 1 aromatic heterocycles. The van der Waals surface area contributed by atoms with E-state index in [0.717, 1.165) is 44.0 Å². The van der Waals surface area contributed by atoms with Crippen molar-refractivity contribution in [2.45, 2.75) is 6.92 Å². The van der Waals surface area contributed by atoms with Gasteiger partial charge in [-0.3, -0.25) is 9.69 Å². The van der Waals surface area contributed by atoms with Crippen LogP contribution in [0.5, 0.6) is 11.5 Å². The molecule has 3 aromatic carbocycles. The third-order valence-corrected chi connectivity index (χ3v) is 6.59. The lowest BCUT2D eigenvalue weighted by Gasteiger charge is -2.36. The van der Waals surface area contributed by atoms with E-state index in [1.165, 1.54) is 5.69 Å². The molecule has 0 unspecified atom stereocenters. The molecule has 0 radical (unpaired) electrons. The summed E-state index contributed by atoms with van der Waals surface area (Å²) in [5.74, 6) is 2.20. The minimum atomic E-state index is -0.0174. The number of piperazine rings is 1. The van der Waals surface area contributed by atoms with Crippen LogP contribution in [-0.2, 0) is 0 Å². The maximum Gasteiger partial charge on any atom is 0.200 e. The molecule has 0 saturated carbocycles. The Morgan fingerprint density at radius 1 is 0.886 bits per heavy atom. The van der Waals surface area contributed by atoms with E-state index in [2.05, 4.69) is 21.9 Å². The Labute approximate surface area is 205 Å². The second-order valence-electron chi connectivity index (χ2n) is 8.76. The highest BCUT2D eigenvalue weighted by Crippen LogP contribution is 2.26. The fourth-order valence-electron chi connectivity index (χ4n) is 4.63. The maximum atomic E-state index is 13.1. The summed E-state index contributed by atoms with van der Waals surface area (Å²) in [4.78, 5) is 17.9. The van der Waals surface area contributed by atoms with Crippen molar-refractivity contribution in [2.24, 2.45) is 0 Å². The van der Waals surface area contributed by atoms with Crippen LogP contribution in [0.15, 0.2) is 82.0 Å². The van der Waals surface area contributed by atoms with E-state index >= 15 is 0 Å². The average molecular weight is 471 g/mol. The van der Waals surface area contributed by atoms with Crippen LogP contribution in [0, 0.1) is 6.92 Å². The molecule has 5 rings (SSSR count). The number of hydrogen-bond acceptors (Lipinski definition) is 6.